The van der Waals surface area contributed by atoms with Crippen molar-refractivity contribution in [2.24, 2.45) is 0 Å². The van der Waals surface area contributed by atoms with Crippen LogP contribution < -0.4 is 4.74 Å². The van der Waals surface area contributed by atoms with Gasteiger partial charge in [0.05, 0.1) is 12.0 Å². The highest BCUT2D eigenvalue weighted by atomic mass is 79.9. The molecular weight excluding hydrogens is 380 g/mol. The number of ether oxygens (including phenoxy) is 1. The predicted octanol–water partition coefficient (Wildman–Crippen LogP) is 4.67. The first-order valence-corrected chi connectivity index (χ1v) is 7.76. The van der Waals surface area contributed by atoms with Crippen LogP contribution in [0.5, 0.6) is 5.75 Å². The van der Waals surface area contributed by atoms with E-state index in [4.69, 9.17) is 4.74 Å². The Morgan fingerprint density at radius 1 is 1.28 bits per heavy atom. The zero-order chi connectivity index (χ0) is 13.3. The van der Waals surface area contributed by atoms with Gasteiger partial charge in [0.25, 0.3) is 0 Å². The van der Waals surface area contributed by atoms with E-state index in [1.165, 1.54) is 11.3 Å². The van der Waals surface area contributed by atoms with Crippen LogP contribution in [0, 0.1) is 6.92 Å². The van der Waals surface area contributed by atoms with Gasteiger partial charge in [-0.3, -0.25) is 0 Å². The molecule has 2 aromatic rings. The molecule has 2 nitrogen and oxygen atoms in total. The van der Waals surface area contributed by atoms with Gasteiger partial charge in [-0.2, -0.15) is 0 Å². The summed E-state index contributed by atoms with van der Waals surface area (Å²) in [6, 6.07) is 5.76. The normalized spacial score (nSPS) is 12.5. The van der Waals surface area contributed by atoms with Crippen LogP contribution in [0.1, 0.15) is 22.1 Å². The first-order chi connectivity index (χ1) is 8.54. The van der Waals surface area contributed by atoms with Crippen LogP contribution in [0.25, 0.3) is 0 Å². The highest BCUT2D eigenvalue weighted by Crippen LogP contribution is 2.38. The second kappa shape index (κ2) is 5.74. The van der Waals surface area contributed by atoms with Crippen molar-refractivity contribution in [3.63, 3.8) is 0 Å². The molecule has 1 heterocycles. The largest absolute Gasteiger partial charge is 0.496 e. The summed E-state index contributed by atoms with van der Waals surface area (Å²) in [5, 5.41) is 12.4. The summed E-state index contributed by atoms with van der Waals surface area (Å²) >= 11 is 8.44. The van der Waals surface area contributed by atoms with Crippen LogP contribution in [0.2, 0.25) is 0 Å². The molecule has 1 aromatic heterocycles. The minimum absolute atomic E-state index is 0.689. The van der Waals surface area contributed by atoms with E-state index in [1.807, 2.05) is 30.5 Å². The van der Waals surface area contributed by atoms with E-state index in [1.54, 1.807) is 7.11 Å². The van der Waals surface area contributed by atoms with E-state index in [0.717, 1.165) is 24.9 Å². The average molecular weight is 392 g/mol. The molecule has 0 bridgehead atoms. The van der Waals surface area contributed by atoms with Gasteiger partial charge in [-0.25, -0.2) is 0 Å². The van der Waals surface area contributed by atoms with Gasteiger partial charge >= 0.3 is 0 Å². The summed E-state index contributed by atoms with van der Waals surface area (Å²) in [5.41, 5.74) is 1.84. The van der Waals surface area contributed by atoms with Crippen molar-refractivity contribution in [1.82, 2.24) is 0 Å². The fraction of sp³-hybridized carbons (Fsp3) is 0.231. The summed E-state index contributed by atoms with van der Waals surface area (Å²) in [6.07, 6.45) is -0.689. The van der Waals surface area contributed by atoms with E-state index in [0.29, 0.717) is 5.75 Å². The van der Waals surface area contributed by atoms with E-state index >= 15 is 0 Å². The van der Waals surface area contributed by atoms with E-state index in [9.17, 15) is 5.11 Å². The number of methoxy groups -OCH3 is 1. The molecule has 1 aromatic carbocycles. The molecule has 0 amide bonds. The van der Waals surface area contributed by atoms with Gasteiger partial charge in [0.1, 0.15) is 11.9 Å². The van der Waals surface area contributed by atoms with Gasteiger partial charge in [-0.05, 0) is 52.0 Å². The molecule has 1 unspecified atom stereocenters. The Morgan fingerprint density at radius 2 is 2.00 bits per heavy atom. The van der Waals surface area contributed by atoms with Crippen LogP contribution in [-0.2, 0) is 0 Å². The summed E-state index contributed by atoms with van der Waals surface area (Å²) in [7, 11) is 1.61. The number of aryl methyl sites for hydroxylation is 1. The molecule has 96 valence electrons. The molecule has 5 heteroatoms. The Labute approximate surface area is 127 Å². The number of halogens is 2. The van der Waals surface area contributed by atoms with Crippen molar-refractivity contribution in [2.75, 3.05) is 7.11 Å². The molecule has 0 spiro atoms. The first kappa shape index (κ1) is 14.1. The highest BCUT2D eigenvalue weighted by Gasteiger charge is 2.20. The zero-order valence-corrected chi connectivity index (χ0v) is 13.9. The molecule has 0 aliphatic carbocycles. The van der Waals surface area contributed by atoms with Gasteiger partial charge in [0, 0.05) is 14.5 Å². The third-order valence-electron chi connectivity index (χ3n) is 2.70. The minimum atomic E-state index is -0.689. The topological polar surface area (TPSA) is 29.5 Å². The van der Waals surface area contributed by atoms with E-state index < -0.39 is 6.10 Å². The molecule has 18 heavy (non-hydrogen) atoms. The maximum Gasteiger partial charge on any atom is 0.125 e. The smallest absolute Gasteiger partial charge is 0.125 e. The monoisotopic (exact) mass is 390 g/mol. The molecule has 0 saturated heterocycles. The maximum atomic E-state index is 10.5. The van der Waals surface area contributed by atoms with Crippen molar-refractivity contribution < 1.29 is 9.84 Å². The van der Waals surface area contributed by atoms with Crippen molar-refractivity contribution >= 4 is 43.2 Å². The third kappa shape index (κ3) is 2.64. The third-order valence-corrected chi connectivity index (χ3v) is 5.48. The Bertz CT molecular complexity index is 566. The number of hydrogen-bond donors (Lipinski definition) is 1. The predicted molar refractivity (Wildman–Crippen MR) is 81.5 cm³/mol. The molecule has 1 atom stereocenters. The van der Waals surface area contributed by atoms with Crippen molar-refractivity contribution in [1.29, 1.82) is 0 Å². The second-order valence-corrected chi connectivity index (χ2v) is 6.54. The quantitative estimate of drug-likeness (QED) is 0.823. The average Bonchev–Trinajstić information content (AvgIpc) is 2.77. The van der Waals surface area contributed by atoms with Crippen molar-refractivity contribution in [3.05, 3.63) is 48.5 Å². The molecular formula is C13H12Br2O2S. The highest BCUT2D eigenvalue weighted by molar-refractivity contribution is 9.10. The van der Waals surface area contributed by atoms with Crippen LogP contribution >= 0.6 is 43.2 Å². The van der Waals surface area contributed by atoms with E-state index in [-0.39, 0.29) is 0 Å². The molecule has 0 saturated carbocycles. The first-order valence-electron chi connectivity index (χ1n) is 5.29. The fourth-order valence-corrected chi connectivity index (χ4v) is 3.66. The lowest BCUT2D eigenvalue weighted by molar-refractivity contribution is 0.217. The number of rotatable bonds is 3. The number of benzene rings is 1. The lowest BCUT2D eigenvalue weighted by Crippen LogP contribution is -2.02. The van der Waals surface area contributed by atoms with Crippen LogP contribution in [0.15, 0.2) is 32.5 Å². The van der Waals surface area contributed by atoms with Crippen molar-refractivity contribution in [3.8, 4) is 5.75 Å². The van der Waals surface area contributed by atoms with Crippen LogP contribution in [0.3, 0.4) is 0 Å². The zero-order valence-electron chi connectivity index (χ0n) is 9.91. The summed E-state index contributed by atoms with van der Waals surface area (Å²) in [4.78, 5) is 0.879. The van der Waals surface area contributed by atoms with Gasteiger partial charge in [-0.15, -0.1) is 11.3 Å². The number of aliphatic hydroxyl groups excluding tert-OH is 1. The van der Waals surface area contributed by atoms with Gasteiger partial charge < -0.3 is 9.84 Å². The van der Waals surface area contributed by atoms with E-state index in [2.05, 4.69) is 31.9 Å². The Morgan fingerprint density at radius 3 is 2.56 bits per heavy atom. The van der Waals surface area contributed by atoms with Gasteiger partial charge in [0.2, 0.25) is 0 Å². The minimum Gasteiger partial charge on any atom is -0.496 e. The Hall–Kier alpha value is -0.360. The van der Waals surface area contributed by atoms with Crippen LogP contribution in [-0.4, -0.2) is 12.2 Å². The molecule has 2 rings (SSSR count). The molecule has 0 aliphatic heterocycles. The number of hydrogen-bond acceptors (Lipinski definition) is 3. The Balaban J connectivity index is 2.50. The lowest BCUT2D eigenvalue weighted by atomic mass is 10.0. The number of thiophene rings is 1. The summed E-state index contributed by atoms with van der Waals surface area (Å²) in [5.74, 6) is 0.698. The second-order valence-electron chi connectivity index (χ2n) is 3.88. The molecule has 0 aliphatic rings. The summed E-state index contributed by atoms with van der Waals surface area (Å²) in [6.45, 7) is 1.99. The van der Waals surface area contributed by atoms with Gasteiger partial charge in [-0.1, -0.05) is 15.9 Å². The summed E-state index contributed by atoms with van der Waals surface area (Å²) < 4.78 is 7.23. The maximum absolute atomic E-state index is 10.5. The van der Waals surface area contributed by atoms with Crippen LogP contribution in [0.4, 0.5) is 0 Å². The number of aliphatic hydroxyl groups is 1. The lowest BCUT2D eigenvalue weighted by Gasteiger charge is -2.16. The fourth-order valence-electron chi connectivity index (χ4n) is 1.70. The molecule has 0 radical (unpaired) electrons. The Kier molecular flexibility index (Phi) is 4.48. The standard InChI is InChI=1S/C13H12Br2O2S/c1-7-5-11(17-2)8(6-10(7)15)12(16)13-9(14)3-4-18-13/h3-6,12,16H,1-2H3. The SMILES string of the molecule is COc1cc(C)c(Br)cc1C(O)c1sccc1Br. The molecule has 1 N–H and O–H groups in total. The molecule has 0 fully saturated rings. The van der Waals surface area contributed by atoms with Gasteiger partial charge in [0.15, 0.2) is 0 Å². The van der Waals surface area contributed by atoms with Crippen molar-refractivity contribution in [2.45, 2.75) is 13.0 Å².